The SMILES string of the molecule is CCN(Cc1ccc(F)c(F)c1)CC1CCCN1. The van der Waals surface area contributed by atoms with Crippen molar-refractivity contribution in [3.05, 3.63) is 35.4 Å². The van der Waals surface area contributed by atoms with Crippen molar-refractivity contribution in [2.45, 2.75) is 32.4 Å². The van der Waals surface area contributed by atoms with Crippen molar-refractivity contribution in [3.63, 3.8) is 0 Å². The Bertz CT molecular complexity index is 389. The molecule has 1 aliphatic rings. The van der Waals surface area contributed by atoms with E-state index < -0.39 is 11.6 Å². The molecule has 0 spiro atoms. The molecule has 0 amide bonds. The average molecular weight is 254 g/mol. The first-order valence-electron chi connectivity index (χ1n) is 6.58. The zero-order valence-electron chi connectivity index (χ0n) is 10.8. The Morgan fingerprint density at radius 1 is 1.33 bits per heavy atom. The molecule has 0 saturated carbocycles. The number of nitrogens with one attached hydrogen (secondary N) is 1. The Balaban J connectivity index is 1.94. The summed E-state index contributed by atoms with van der Waals surface area (Å²) >= 11 is 0. The lowest BCUT2D eigenvalue weighted by Crippen LogP contribution is -2.37. The summed E-state index contributed by atoms with van der Waals surface area (Å²) in [5, 5.41) is 3.45. The molecule has 100 valence electrons. The van der Waals surface area contributed by atoms with Crippen LogP contribution in [-0.4, -0.2) is 30.6 Å². The Hall–Kier alpha value is -1.00. The first kappa shape index (κ1) is 13.4. The number of benzene rings is 1. The van der Waals surface area contributed by atoms with Crippen molar-refractivity contribution < 1.29 is 8.78 Å². The van der Waals surface area contributed by atoms with Gasteiger partial charge in [-0.3, -0.25) is 4.90 Å². The summed E-state index contributed by atoms with van der Waals surface area (Å²) in [5.74, 6) is -1.54. The summed E-state index contributed by atoms with van der Waals surface area (Å²) in [6, 6.07) is 4.69. The number of hydrogen-bond acceptors (Lipinski definition) is 2. The largest absolute Gasteiger partial charge is 0.313 e. The summed E-state index contributed by atoms with van der Waals surface area (Å²) in [6.45, 7) is 5.74. The lowest BCUT2D eigenvalue weighted by molar-refractivity contribution is 0.253. The molecule has 1 unspecified atom stereocenters. The molecule has 1 heterocycles. The van der Waals surface area contributed by atoms with Gasteiger partial charge in [-0.25, -0.2) is 8.78 Å². The summed E-state index contributed by atoms with van der Waals surface area (Å²) in [7, 11) is 0. The van der Waals surface area contributed by atoms with Crippen LogP contribution in [0.2, 0.25) is 0 Å². The average Bonchev–Trinajstić information content (AvgIpc) is 2.86. The van der Waals surface area contributed by atoms with Crippen LogP contribution in [-0.2, 0) is 6.54 Å². The van der Waals surface area contributed by atoms with E-state index >= 15 is 0 Å². The first-order chi connectivity index (χ1) is 8.69. The molecule has 0 radical (unpaired) electrons. The van der Waals surface area contributed by atoms with Gasteiger partial charge in [0, 0.05) is 19.1 Å². The van der Waals surface area contributed by atoms with Crippen LogP contribution in [0.5, 0.6) is 0 Å². The monoisotopic (exact) mass is 254 g/mol. The van der Waals surface area contributed by atoms with E-state index in [1.165, 1.54) is 25.0 Å². The maximum absolute atomic E-state index is 13.1. The lowest BCUT2D eigenvalue weighted by Gasteiger charge is -2.24. The Morgan fingerprint density at radius 2 is 2.17 bits per heavy atom. The topological polar surface area (TPSA) is 15.3 Å². The summed E-state index contributed by atoms with van der Waals surface area (Å²) in [5.41, 5.74) is 0.828. The Kier molecular flexibility index (Phi) is 4.66. The lowest BCUT2D eigenvalue weighted by atomic mass is 10.1. The van der Waals surface area contributed by atoms with Gasteiger partial charge in [-0.2, -0.15) is 0 Å². The quantitative estimate of drug-likeness (QED) is 0.868. The van der Waals surface area contributed by atoms with Crippen LogP contribution < -0.4 is 5.32 Å². The van der Waals surface area contributed by atoms with Gasteiger partial charge in [0.05, 0.1) is 0 Å². The molecule has 18 heavy (non-hydrogen) atoms. The zero-order valence-corrected chi connectivity index (χ0v) is 10.8. The fourth-order valence-corrected chi connectivity index (χ4v) is 2.43. The molecule has 0 aliphatic carbocycles. The van der Waals surface area contributed by atoms with Gasteiger partial charge in [0.25, 0.3) is 0 Å². The molecule has 1 aromatic carbocycles. The smallest absolute Gasteiger partial charge is 0.159 e. The minimum Gasteiger partial charge on any atom is -0.313 e. The van der Waals surface area contributed by atoms with E-state index in [-0.39, 0.29) is 0 Å². The van der Waals surface area contributed by atoms with Gasteiger partial charge in [-0.1, -0.05) is 13.0 Å². The second kappa shape index (κ2) is 6.25. The molecular formula is C14H20F2N2. The minimum atomic E-state index is -0.778. The summed E-state index contributed by atoms with van der Waals surface area (Å²) in [4.78, 5) is 2.26. The third-order valence-corrected chi connectivity index (χ3v) is 3.48. The highest BCUT2D eigenvalue weighted by Gasteiger charge is 2.17. The molecule has 2 nitrogen and oxygen atoms in total. The van der Waals surface area contributed by atoms with Gasteiger partial charge in [0.1, 0.15) is 0 Å². The molecule has 4 heteroatoms. The van der Waals surface area contributed by atoms with Crippen molar-refractivity contribution in [2.75, 3.05) is 19.6 Å². The molecule has 0 bridgehead atoms. The number of rotatable bonds is 5. The molecule has 1 aliphatic heterocycles. The van der Waals surface area contributed by atoms with E-state index in [1.807, 2.05) is 0 Å². The number of nitrogens with zero attached hydrogens (tertiary/aromatic N) is 1. The molecular weight excluding hydrogens is 234 g/mol. The highest BCUT2D eigenvalue weighted by Crippen LogP contribution is 2.13. The second-order valence-corrected chi connectivity index (χ2v) is 4.87. The third-order valence-electron chi connectivity index (χ3n) is 3.48. The van der Waals surface area contributed by atoms with Gasteiger partial charge < -0.3 is 5.32 Å². The maximum atomic E-state index is 13.1. The number of hydrogen-bond donors (Lipinski definition) is 1. The summed E-state index contributed by atoms with van der Waals surface area (Å²) < 4.78 is 26.0. The van der Waals surface area contributed by atoms with Crippen LogP contribution in [0.3, 0.4) is 0 Å². The van der Waals surface area contributed by atoms with Gasteiger partial charge in [0.15, 0.2) is 11.6 Å². The zero-order chi connectivity index (χ0) is 13.0. The fraction of sp³-hybridized carbons (Fsp3) is 0.571. The first-order valence-corrected chi connectivity index (χ1v) is 6.58. The Morgan fingerprint density at radius 3 is 2.78 bits per heavy atom. The van der Waals surface area contributed by atoms with E-state index in [0.29, 0.717) is 12.6 Å². The van der Waals surface area contributed by atoms with E-state index in [2.05, 4.69) is 17.1 Å². The molecule has 1 N–H and O–H groups in total. The highest BCUT2D eigenvalue weighted by atomic mass is 19.2. The van der Waals surface area contributed by atoms with E-state index in [9.17, 15) is 8.78 Å². The minimum absolute atomic E-state index is 0.537. The van der Waals surface area contributed by atoms with Crippen LogP contribution in [0.15, 0.2) is 18.2 Å². The molecule has 0 aromatic heterocycles. The molecule has 2 rings (SSSR count). The van der Waals surface area contributed by atoms with Crippen LogP contribution in [0.25, 0.3) is 0 Å². The van der Waals surface area contributed by atoms with Crippen molar-refractivity contribution in [1.82, 2.24) is 10.2 Å². The molecule has 1 saturated heterocycles. The van der Waals surface area contributed by atoms with E-state index in [0.717, 1.165) is 25.2 Å². The van der Waals surface area contributed by atoms with Crippen LogP contribution >= 0.6 is 0 Å². The Labute approximate surface area is 107 Å². The predicted octanol–water partition coefficient (Wildman–Crippen LogP) is 2.54. The van der Waals surface area contributed by atoms with Crippen molar-refractivity contribution in [2.24, 2.45) is 0 Å². The maximum Gasteiger partial charge on any atom is 0.159 e. The second-order valence-electron chi connectivity index (χ2n) is 4.87. The highest BCUT2D eigenvalue weighted by molar-refractivity contribution is 5.17. The van der Waals surface area contributed by atoms with Gasteiger partial charge in [0.2, 0.25) is 0 Å². The van der Waals surface area contributed by atoms with Crippen LogP contribution in [0.1, 0.15) is 25.3 Å². The molecule has 1 atom stereocenters. The van der Waals surface area contributed by atoms with E-state index in [1.54, 1.807) is 6.07 Å². The summed E-state index contributed by atoms with van der Waals surface area (Å²) in [6.07, 6.45) is 2.43. The fourth-order valence-electron chi connectivity index (χ4n) is 2.43. The van der Waals surface area contributed by atoms with Crippen molar-refractivity contribution in [1.29, 1.82) is 0 Å². The standard InChI is InChI=1S/C14H20F2N2/c1-2-18(10-12-4-3-7-17-12)9-11-5-6-13(15)14(16)8-11/h5-6,8,12,17H,2-4,7,9-10H2,1H3. The van der Waals surface area contributed by atoms with Crippen molar-refractivity contribution in [3.8, 4) is 0 Å². The van der Waals surface area contributed by atoms with E-state index in [4.69, 9.17) is 0 Å². The number of likely N-dealkylation sites (N-methyl/N-ethyl adjacent to an activating group) is 1. The number of halogens is 2. The van der Waals surface area contributed by atoms with Crippen molar-refractivity contribution >= 4 is 0 Å². The van der Waals surface area contributed by atoms with Gasteiger partial charge in [-0.05, 0) is 43.6 Å². The van der Waals surface area contributed by atoms with Gasteiger partial charge in [-0.15, -0.1) is 0 Å². The third kappa shape index (κ3) is 3.50. The molecule has 1 aromatic rings. The predicted molar refractivity (Wildman–Crippen MR) is 68.3 cm³/mol. The van der Waals surface area contributed by atoms with Crippen LogP contribution in [0, 0.1) is 11.6 Å². The molecule has 1 fully saturated rings. The van der Waals surface area contributed by atoms with Crippen LogP contribution in [0.4, 0.5) is 8.78 Å². The van der Waals surface area contributed by atoms with Gasteiger partial charge >= 0.3 is 0 Å². The normalized spacial score (nSPS) is 19.7.